The molecule has 4 nitrogen and oxygen atoms in total. The monoisotopic (exact) mass is 364 g/mol. The smallest absolute Gasteiger partial charge is 0.243 e. The van der Waals surface area contributed by atoms with Crippen LogP contribution in [-0.2, 0) is 10.0 Å². The van der Waals surface area contributed by atoms with Crippen LogP contribution in [0.4, 0.5) is 0 Å². The van der Waals surface area contributed by atoms with E-state index in [0.29, 0.717) is 23.9 Å². The number of benzene rings is 1. The number of sulfonamides is 1. The Morgan fingerprint density at radius 2 is 1.60 bits per heavy atom. The predicted octanol–water partition coefficient (Wildman–Crippen LogP) is 3.48. The third-order valence-corrected chi connectivity index (χ3v) is 8.02. The van der Waals surface area contributed by atoms with Crippen molar-refractivity contribution in [1.29, 1.82) is 0 Å². The van der Waals surface area contributed by atoms with E-state index in [1.807, 2.05) is 32.0 Å². The second-order valence-corrected chi connectivity index (χ2v) is 9.79. The summed E-state index contributed by atoms with van der Waals surface area (Å²) in [6, 6.07) is 5.70. The maximum Gasteiger partial charge on any atom is 0.243 e. The molecule has 1 N–H and O–H groups in total. The molecule has 0 spiro atoms. The van der Waals surface area contributed by atoms with Gasteiger partial charge in [0.25, 0.3) is 0 Å². The maximum atomic E-state index is 13.0. The molecule has 5 heteroatoms. The van der Waals surface area contributed by atoms with Gasteiger partial charge in [-0.2, -0.15) is 4.31 Å². The molecule has 0 unspecified atom stereocenters. The number of aryl methyl sites for hydroxylation is 2. The summed E-state index contributed by atoms with van der Waals surface area (Å²) < 4.78 is 27.7. The van der Waals surface area contributed by atoms with Crippen LogP contribution < -0.4 is 5.32 Å². The third kappa shape index (κ3) is 4.63. The lowest BCUT2D eigenvalue weighted by atomic mass is 9.86. The van der Waals surface area contributed by atoms with Crippen molar-refractivity contribution in [3.63, 3.8) is 0 Å². The third-order valence-electron chi connectivity index (χ3n) is 5.98. The highest BCUT2D eigenvalue weighted by atomic mass is 32.2. The fourth-order valence-electron chi connectivity index (χ4n) is 4.20. The summed E-state index contributed by atoms with van der Waals surface area (Å²) in [5.74, 6) is 1.57. The van der Waals surface area contributed by atoms with Crippen molar-refractivity contribution in [1.82, 2.24) is 9.62 Å². The van der Waals surface area contributed by atoms with Gasteiger partial charge >= 0.3 is 0 Å². The Hall–Kier alpha value is -0.910. The van der Waals surface area contributed by atoms with E-state index >= 15 is 0 Å². The van der Waals surface area contributed by atoms with Crippen LogP contribution in [0, 0.1) is 25.7 Å². The van der Waals surface area contributed by atoms with Gasteiger partial charge in [-0.1, -0.05) is 25.0 Å². The van der Waals surface area contributed by atoms with Crippen LogP contribution in [0.15, 0.2) is 23.1 Å². The number of hydrogen-bond donors (Lipinski definition) is 1. The zero-order valence-corrected chi connectivity index (χ0v) is 16.4. The van der Waals surface area contributed by atoms with Crippen molar-refractivity contribution >= 4 is 10.0 Å². The quantitative estimate of drug-likeness (QED) is 0.870. The van der Waals surface area contributed by atoms with Gasteiger partial charge in [0.15, 0.2) is 0 Å². The van der Waals surface area contributed by atoms with E-state index in [4.69, 9.17) is 0 Å². The second kappa shape index (κ2) is 8.19. The lowest BCUT2D eigenvalue weighted by Crippen LogP contribution is -2.39. The molecule has 0 aromatic heterocycles. The zero-order chi connectivity index (χ0) is 17.9. The van der Waals surface area contributed by atoms with Crippen LogP contribution in [-0.4, -0.2) is 38.9 Å². The van der Waals surface area contributed by atoms with Crippen molar-refractivity contribution in [2.45, 2.75) is 57.3 Å². The van der Waals surface area contributed by atoms with Crippen LogP contribution >= 0.6 is 0 Å². The van der Waals surface area contributed by atoms with Crippen LogP contribution in [0.5, 0.6) is 0 Å². The standard InChI is InChI=1S/C20H32N2O2S/c1-16-3-4-17(2)20(15-16)25(23,24)22-13-9-19(10-14-22)6-5-18-7-11-21-12-8-18/h3-4,15,18-19,21H,5-14H2,1-2H3. The largest absolute Gasteiger partial charge is 0.317 e. The first-order valence-electron chi connectivity index (χ1n) is 9.75. The minimum absolute atomic E-state index is 0.487. The summed E-state index contributed by atoms with van der Waals surface area (Å²) >= 11 is 0. The summed E-state index contributed by atoms with van der Waals surface area (Å²) in [7, 11) is -3.35. The highest BCUT2D eigenvalue weighted by Gasteiger charge is 2.30. The minimum atomic E-state index is -3.35. The number of nitrogens with zero attached hydrogens (tertiary/aromatic N) is 1. The molecule has 2 aliphatic rings. The van der Waals surface area contributed by atoms with Gasteiger partial charge < -0.3 is 5.32 Å². The highest BCUT2D eigenvalue weighted by molar-refractivity contribution is 7.89. The molecule has 0 radical (unpaired) electrons. The Balaban J connectivity index is 1.55. The first-order chi connectivity index (χ1) is 12.0. The van der Waals surface area contributed by atoms with Gasteiger partial charge in [0.1, 0.15) is 0 Å². The van der Waals surface area contributed by atoms with Crippen molar-refractivity contribution in [3.8, 4) is 0 Å². The first-order valence-corrected chi connectivity index (χ1v) is 11.2. The number of hydrogen-bond acceptors (Lipinski definition) is 3. The Kier molecular flexibility index (Phi) is 6.18. The van der Waals surface area contributed by atoms with Gasteiger partial charge in [-0.3, -0.25) is 0 Å². The Morgan fingerprint density at radius 1 is 1.00 bits per heavy atom. The Labute approximate surface area is 153 Å². The van der Waals surface area contributed by atoms with Crippen molar-refractivity contribution < 1.29 is 8.42 Å². The van der Waals surface area contributed by atoms with E-state index in [1.54, 1.807) is 4.31 Å². The predicted molar refractivity (Wildman–Crippen MR) is 102 cm³/mol. The highest BCUT2D eigenvalue weighted by Crippen LogP contribution is 2.30. The van der Waals surface area contributed by atoms with Crippen molar-refractivity contribution in [2.24, 2.45) is 11.8 Å². The molecule has 0 bridgehead atoms. The van der Waals surface area contributed by atoms with E-state index in [1.165, 1.54) is 25.7 Å². The van der Waals surface area contributed by atoms with Crippen LogP contribution in [0.2, 0.25) is 0 Å². The van der Waals surface area contributed by atoms with Gasteiger partial charge in [-0.25, -0.2) is 8.42 Å². The van der Waals surface area contributed by atoms with Gasteiger partial charge in [-0.05, 0) is 81.6 Å². The normalized spacial score (nSPS) is 21.5. The summed E-state index contributed by atoms with van der Waals surface area (Å²) in [5.41, 5.74) is 1.85. The number of piperidine rings is 2. The SMILES string of the molecule is Cc1ccc(C)c(S(=O)(=O)N2CCC(CCC3CCNCC3)CC2)c1. The molecule has 1 aromatic carbocycles. The molecule has 25 heavy (non-hydrogen) atoms. The first kappa shape index (κ1) is 18.9. The van der Waals surface area contributed by atoms with Gasteiger partial charge in [0.2, 0.25) is 10.0 Å². The summed E-state index contributed by atoms with van der Waals surface area (Å²) in [6.07, 6.45) is 7.21. The number of nitrogens with one attached hydrogen (secondary N) is 1. The average Bonchev–Trinajstić information content (AvgIpc) is 2.63. The Bertz CT molecular complexity index is 673. The summed E-state index contributed by atoms with van der Waals surface area (Å²) in [5, 5.41) is 3.43. The molecule has 0 aliphatic carbocycles. The van der Waals surface area contributed by atoms with Crippen LogP contribution in [0.3, 0.4) is 0 Å². The van der Waals surface area contributed by atoms with Crippen molar-refractivity contribution in [3.05, 3.63) is 29.3 Å². The average molecular weight is 365 g/mol. The van der Waals surface area contributed by atoms with E-state index in [9.17, 15) is 8.42 Å². The molecule has 2 heterocycles. The fourth-order valence-corrected chi connectivity index (χ4v) is 5.98. The molecule has 0 amide bonds. The van der Waals surface area contributed by atoms with E-state index < -0.39 is 10.0 Å². The molecule has 3 rings (SSSR count). The van der Waals surface area contributed by atoms with E-state index in [0.717, 1.165) is 43.0 Å². The molecule has 2 aliphatic heterocycles. The summed E-state index contributed by atoms with van der Waals surface area (Å²) in [4.78, 5) is 0.487. The van der Waals surface area contributed by atoms with Crippen LogP contribution in [0.25, 0.3) is 0 Å². The van der Waals surface area contributed by atoms with Gasteiger partial charge in [0.05, 0.1) is 4.90 Å². The van der Waals surface area contributed by atoms with E-state index in [-0.39, 0.29) is 0 Å². The van der Waals surface area contributed by atoms with Crippen molar-refractivity contribution in [2.75, 3.05) is 26.2 Å². The maximum absolute atomic E-state index is 13.0. The van der Waals surface area contributed by atoms with Gasteiger partial charge in [0, 0.05) is 13.1 Å². The molecule has 0 atom stereocenters. The Morgan fingerprint density at radius 3 is 2.24 bits per heavy atom. The molecule has 2 fully saturated rings. The fraction of sp³-hybridized carbons (Fsp3) is 0.700. The molecule has 1 aromatic rings. The van der Waals surface area contributed by atoms with Gasteiger partial charge in [-0.15, -0.1) is 0 Å². The lowest BCUT2D eigenvalue weighted by Gasteiger charge is -2.32. The van der Waals surface area contributed by atoms with E-state index in [2.05, 4.69) is 5.32 Å². The topological polar surface area (TPSA) is 49.4 Å². The molecule has 2 saturated heterocycles. The molecular weight excluding hydrogens is 332 g/mol. The lowest BCUT2D eigenvalue weighted by molar-refractivity contribution is 0.239. The molecule has 140 valence electrons. The number of rotatable bonds is 5. The molecule has 0 saturated carbocycles. The molecular formula is C20H32N2O2S. The van der Waals surface area contributed by atoms with Crippen LogP contribution in [0.1, 0.15) is 49.7 Å². The summed E-state index contributed by atoms with van der Waals surface area (Å²) in [6.45, 7) is 7.51. The zero-order valence-electron chi connectivity index (χ0n) is 15.6. The minimum Gasteiger partial charge on any atom is -0.317 e. The second-order valence-electron chi connectivity index (χ2n) is 7.89.